The van der Waals surface area contributed by atoms with Crippen LogP contribution in [0.4, 0.5) is 0 Å². The standard InChI is InChI=1S/C60H86N4O4/c1-3-5-7-9-17-23-31-51-47-61-59(62-48-51)53-35-39-55(40-36-53)65-43-27-19-15-13-11-12-14-16-20-29-45-67-57-33-25-26-34-58(57)68-46-30-22-21-28-44-66-56-41-37-54(38-42-56)60-63-49-52(50-64-60)32-24-18-10-8-6-4-2/h25-26,33-42,47-50H,3-24,27-32,43-46H2,1-2H3. The Kier molecular flexibility index (Phi) is 27.9. The molecule has 0 saturated heterocycles. The van der Waals surface area contributed by atoms with Crippen molar-refractivity contribution in [2.45, 2.75) is 194 Å². The van der Waals surface area contributed by atoms with Gasteiger partial charge in [0.25, 0.3) is 0 Å². The lowest BCUT2D eigenvalue weighted by molar-refractivity contribution is 0.256. The number of aryl methyl sites for hydroxylation is 2. The van der Waals surface area contributed by atoms with Gasteiger partial charge in [-0.3, -0.25) is 0 Å². The number of para-hydroxylation sites is 2. The molecule has 0 unspecified atom stereocenters. The van der Waals surface area contributed by atoms with E-state index < -0.39 is 0 Å². The number of aromatic nitrogens is 4. The third kappa shape index (κ3) is 22.9. The van der Waals surface area contributed by atoms with E-state index >= 15 is 0 Å². The maximum atomic E-state index is 6.16. The summed E-state index contributed by atoms with van der Waals surface area (Å²) >= 11 is 0. The minimum atomic E-state index is 0.694. The largest absolute Gasteiger partial charge is 0.494 e. The Labute approximate surface area is 411 Å². The molecule has 3 aromatic carbocycles. The van der Waals surface area contributed by atoms with E-state index in [0.717, 1.165) is 110 Å². The summed E-state index contributed by atoms with van der Waals surface area (Å²) in [5, 5.41) is 0. The Balaban J connectivity index is 0.794. The molecule has 8 heteroatoms. The Hall–Kier alpha value is -4.98. The number of rotatable bonds is 40. The Morgan fingerprint density at radius 3 is 0.941 bits per heavy atom. The first-order chi connectivity index (χ1) is 33.7. The fourth-order valence-electron chi connectivity index (χ4n) is 8.49. The van der Waals surface area contributed by atoms with Gasteiger partial charge in [0.15, 0.2) is 23.1 Å². The highest BCUT2D eigenvalue weighted by molar-refractivity contribution is 5.56. The average molecular weight is 927 g/mol. The van der Waals surface area contributed by atoms with Crippen molar-refractivity contribution in [3.63, 3.8) is 0 Å². The molecule has 5 rings (SSSR count). The van der Waals surface area contributed by atoms with Crippen LogP contribution >= 0.6 is 0 Å². The molecule has 2 aromatic heterocycles. The van der Waals surface area contributed by atoms with Crippen LogP contribution in [0.2, 0.25) is 0 Å². The number of ether oxygens (including phenoxy) is 4. The molecule has 0 aliphatic rings. The molecule has 0 saturated carbocycles. The van der Waals surface area contributed by atoms with E-state index in [9.17, 15) is 0 Å². The SMILES string of the molecule is CCCCCCCCc1cnc(-c2ccc(OCCCCCCCCCCCCOc3ccccc3OCCCCCCOc3ccc(-c4ncc(CCCCCCCC)cn4)cc3)cc2)nc1. The topological polar surface area (TPSA) is 88.5 Å². The molecule has 370 valence electrons. The minimum absolute atomic E-state index is 0.694. The van der Waals surface area contributed by atoms with Crippen molar-refractivity contribution in [1.82, 2.24) is 19.9 Å². The summed E-state index contributed by atoms with van der Waals surface area (Å²) in [6.45, 7) is 7.43. The predicted molar refractivity (Wildman–Crippen MR) is 282 cm³/mol. The molecule has 8 nitrogen and oxygen atoms in total. The fraction of sp³-hybridized carbons (Fsp3) is 0.567. The Morgan fingerprint density at radius 2 is 0.603 bits per heavy atom. The van der Waals surface area contributed by atoms with Crippen molar-refractivity contribution >= 4 is 0 Å². The van der Waals surface area contributed by atoms with Crippen LogP contribution in [0.15, 0.2) is 97.6 Å². The highest BCUT2D eigenvalue weighted by atomic mass is 16.5. The van der Waals surface area contributed by atoms with Crippen molar-refractivity contribution in [1.29, 1.82) is 0 Å². The average Bonchev–Trinajstić information content (AvgIpc) is 3.38. The van der Waals surface area contributed by atoms with E-state index in [1.54, 1.807) is 0 Å². The van der Waals surface area contributed by atoms with E-state index in [1.165, 1.54) is 140 Å². The quantitative estimate of drug-likeness (QED) is 0.0359. The van der Waals surface area contributed by atoms with Crippen LogP contribution in [0.5, 0.6) is 23.0 Å². The Morgan fingerprint density at radius 1 is 0.309 bits per heavy atom. The van der Waals surface area contributed by atoms with Crippen molar-refractivity contribution in [2.75, 3.05) is 26.4 Å². The molecule has 2 heterocycles. The minimum Gasteiger partial charge on any atom is -0.494 e. The highest BCUT2D eigenvalue weighted by Crippen LogP contribution is 2.28. The first-order valence-corrected chi connectivity index (χ1v) is 27.1. The van der Waals surface area contributed by atoms with Crippen molar-refractivity contribution < 1.29 is 18.9 Å². The van der Waals surface area contributed by atoms with E-state index in [1.807, 2.05) is 73.3 Å². The maximum Gasteiger partial charge on any atom is 0.161 e. The summed E-state index contributed by atoms with van der Waals surface area (Å²) in [6.07, 6.45) is 42.4. The van der Waals surface area contributed by atoms with Crippen LogP contribution in [0.1, 0.15) is 192 Å². The molecule has 0 amide bonds. The summed E-state index contributed by atoms with van der Waals surface area (Å²) in [5.41, 5.74) is 4.50. The van der Waals surface area contributed by atoms with Gasteiger partial charge in [-0.25, -0.2) is 19.9 Å². The molecule has 68 heavy (non-hydrogen) atoms. The third-order valence-electron chi connectivity index (χ3n) is 12.8. The van der Waals surface area contributed by atoms with E-state index in [2.05, 4.69) is 58.0 Å². The van der Waals surface area contributed by atoms with Crippen LogP contribution in [0.25, 0.3) is 22.8 Å². The molecule has 0 atom stereocenters. The first kappa shape index (κ1) is 54.0. The van der Waals surface area contributed by atoms with Crippen molar-refractivity contribution in [3.05, 3.63) is 109 Å². The molecular weight excluding hydrogens is 841 g/mol. The lowest BCUT2D eigenvalue weighted by Gasteiger charge is -2.13. The lowest BCUT2D eigenvalue weighted by atomic mass is 10.1. The second kappa shape index (κ2) is 35.2. The molecular formula is C60H86N4O4. The molecule has 0 radical (unpaired) electrons. The third-order valence-corrected chi connectivity index (χ3v) is 12.8. The van der Waals surface area contributed by atoms with Gasteiger partial charge in [0.1, 0.15) is 11.5 Å². The Bertz CT molecular complexity index is 1970. The molecule has 5 aromatic rings. The van der Waals surface area contributed by atoms with Crippen LogP contribution in [0, 0.1) is 0 Å². The molecule has 0 aliphatic carbocycles. The summed E-state index contributed by atoms with van der Waals surface area (Å²) in [5.74, 6) is 5.06. The lowest BCUT2D eigenvalue weighted by Crippen LogP contribution is -2.03. The second-order valence-corrected chi connectivity index (χ2v) is 18.7. The maximum absolute atomic E-state index is 6.16. The van der Waals surface area contributed by atoms with Gasteiger partial charge >= 0.3 is 0 Å². The van der Waals surface area contributed by atoms with Gasteiger partial charge in [-0.05, 0) is 136 Å². The van der Waals surface area contributed by atoms with E-state index in [-0.39, 0.29) is 0 Å². The smallest absolute Gasteiger partial charge is 0.161 e. The summed E-state index contributed by atoms with van der Waals surface area (Å²) < 4.78 is 24.4. The molecule has 0 spiro atoms. The van der Waals surface area contributed by atoms with Gasteiger partial charge in [0.05, 0.1) is 26.4 Å². The van der Waals surface area contributed by atoms with Gasteiger partial charge in [0.2, 0.25) is 0 Å². The molecule has 0 aliphatic heterocycles. The molecule has 0 bridgehead atoms. The van der Waals surface area contributed by atoms with Gasteiger partial charge in [0, 0.05) is 35.9 Å². The number of hydrogen-bond donors (Lipinski definition) is 0. The molecule has 0 fully saturated rings. The zero-order valence-electron chi connectivity index (χ0n) is 42.3. The zero-order valence-corrected chi connectivity index (χ0v) is 42.3. The number of hydrogen-bond acceptors (Lipinski definition) is 8. The van der Waals surface area contributed by atoms with Crippen LogP contribution in [0.3, 0.4) is 0 Å². The van der Waals surface area contributed by atoms with Gasteiger partial charge in [-0.2, -0.15) is 0 Å². The number of benzene rings is 3. The first-order valence-electron chi connectivity index (χ1n) is 27.1. The van der Waals surface area contributed by atoms with Gasteiger partial charge in [-0.15, -0.1) is 0 Å². The number of nitrogens with zero attached hydrogens (tertiary/aromatic N) is 4. The number of unbranched alkanes of at least 4 members (excludes halogenated alkanes) is 22. The second-order valence-electron chi connectivity index (χ2n) is 18.7. The predicted octanol–water partition coefficient (Wildman–Crippen LogP) is 16.8. The highest BCUT2D eigenvalue weighted by Gasteiger charge is 2.07. The summed E-state index contributed by atoms with van der Waals surface area (Å²) in [4.78, 5) is 18.5. The summed E-state index contributed by atoms with van der Waals surface area (Å²) in [7, 11) is 0. The summed E-state index contributed by atoms with van der Waals surface area (Å²) in [6, 6.07) is 24.4. The van der Waals surface area contributed by atoms with Crippen LogP contribution in [-0.4, -0.2) is 46.4 Å². The van der Waals surface area contributed by atoms with E-state index in [4.69, 9.17) is 18.9 Å². The monoisotopic (exact) mass is 927 g/mol. The van der Waals surface area contributed by atoms with Crippen molar-refractivity contribution in [3.8, 4) is 45.8 Å². The molecule has 0 N–H and O–H groups in total. The fourth-order valence-corrected chi connectivity index (χ4v) is 8.49. The van der Waals surface area contributed by atoms with E-state index in [0.29, 0.717) is 13.2 Å². The van der Waals surface area contributed by atoms with Crippen LogP contribution in [-0.2, 0) is 12.8 Å². The van der Waals surface area contributed by atoms with Crippen molar-refractivity contribution in [2.24, 2.45) is 0 Å². The van der Waals surface area contributed by atoms with Crippen LogP contribution < -0.4 is 18.9 Å². The van der Waals surface area contributed by atoms with Gasteiger partial charge < -0.3 is 18.9 Å². The van der Waals surface area contributed by atoms with Gasteiger partial charge in [-0.1, -0.05) is 142 Å². The zero-order chi connectivity index (χ0) is 47.4. The normalized spacial score (nSPS) is 11.2.